The Bertz CT molecular complexity index is 759. The van der Waals surface area contributed by atoms with Crippen LogP contribution in [0.25, 0.3) is 11.0 Å². The second-order valence-electron chi connectivity index (χ2n) is 4.71. The average molecular weight is 328 g/mol. The molecule has 0 bridgehead atoms. The van der Waals surface area contributed by atoms with Crippen molar-refractivity contribution in [2.75, 3.05) is 34.4 Å². The molecule has 0 radical (unpaired) electrons. The monoisotopic (exact) mass is 328 g/mol. The minimum absolute atomic E-state index is 0.101. The summed E-state index contributed by atoms with van der Waals surface area (Å²) >= 11 is 1.64. The molecule has 1 unspecified atom stereocenters. The molecule has 3 rings (SSSR count). The lowest BCUT2D eigenvalue weighted by Crippen LogP contribution is -2.48. The van der Waals surface area contributed by atoms with E-state index in [0.29, 0.717) is 29.1 Å². The zero-order valence-corrected chi connectivity index (χ0v) is 13.1. The van der Waals surface area contributed by atoms with Crippen LogP contribution in [0.5, 0.6) is 0 Å². The van der Waals surface area contributed by atoms with E-state index >= 15 is 0 Å². The van der Waals surface area contributed by atoms with Crippen LogP contribution in [0.1, 0.15) is 6.92 Å². The lowest BCUT2D eigenvalue weighted by molar-refractivity contribution is 0.579. The molecular weight excluding hydrogens is 312 g/mol. The van der Waals surface area contributed by atoms with E-state index < -0.39 is 15.2 Å². The minimum atomic E-state index is -3.21. The van der Waals surface area contributed by atoms with Crippen molar-refractivity contribution in [2.24, 2.45) is 0 Å². The van der Waals surface area contributed by atoms with Crippen LogP contribution in [-0.4, -0.2) is 57.8 Å². The third kappa shape index (κ3) is 2.53. The number of hydrogen-bond acceptors (Lipinski definition) is 8. The van der Waals surface area contributed by atoms with Gasteiger partial charge in [-0.25, -0.2) is 8.42 Å². The van der Waals surface area contributed by atoms with E-state index in [4.69, 9.17) is 5.73 Å². The number of nitrogens with two attached hydrogens (primary N) is 1. The van der Waals surface area contributed by atoms with Crippen molar-refractivity contribution >= 4 is 44.4 Å². The van der Waals surface area contributed by atoms with Gasteiger partial charge in [0.2, 0.25) is 5.95 Å². The molecule has 0 aliphatic carbocycles. The number of nitrogen functional groups attached to an aromatic ring is 1. The van der Waals surface area contributed by atoms with Gasteiger partial charge in [-0.3, -0.25) is 5.10 Å². The fourth-order valence-corrected chi connectivity index (χ4v) is 5.34. The molecule has 8 nitrogen and oxygen atoms in total. The highest BCUT2D eigenvalue weighted by Gasteiger charge is 2.34. The molecule has 1 aliphatic heterocycles. The van der Waals surface area contributed by atoms with E-state index in [0.717, 1.165) is 5.75 Å². The highest BCUT2D eigenvalue weighted by molar-refractivity contribution is 8.01. The fourth-order valence-electron chi connectivity index (χ4n) is 2.37. The highest BCUT2D eigenvalue weighted by atomic mass is 32.2. The Morgan fingerprint density at radius 1 is 1.52 bits per heavy atom. The van der Waals surface area contributed by atoms with E-state index in [-0.39, 0.29) is 11.7 Å². The molecule has 1 saturated heterocycles. The molecule has 0 saturated carbocycles. The zero-order chi connectivity index (χ0) is 15.0. The van der Waals surface area contributed by atoms with Crippen LogP contribution >= 0.6 is 11.8 Å². The predicted octanol–water partition coefficient (Wildman–Crippen LogP) is 0.249. The van der Waals surface area contributed by atoms with Crippen LogP contribution in [0.4, 0.5) is 11.8 Å². The number of rotatable bonds is 3. The first-order chi connectivity index (χ1) is 10.0. The van der Waals surface area contributed by atoms with Crippen molar-refractivity contribution in [3.8, 4) is 0 Å². The number of thioether (sulfide) groups is 1. The normalized spacial score (nSPS) is 20.0. The number of sulfone groups is 1. The Morgan fingerprint density at radius 2 is 2.33 bits per heavy atom. The highest BCUT2D eigenvalue weighted by Crippen LogP contribution is 2.30. The first kappa shape index (κ1) is 14.4. The quantitative estimate of drug-likeness (QED) is 0.823. The van der Waals surface area contributed by atoms with Crippen LogP contribution < -0.4 is 10.6 Å². The first-order valence-corrected chi connectivity index (χ1v) is 9.42. The summed E-state index contributed by atoms with van der Waals surface area (Å²) in [5, 5.41) is 6.78. The molecule has 0 spiro atoms. The van der Waals surface area contributed by atoms with Crippen LogP contribution in [0.15, 0.2) is 6.20 Å². The summed E-state index contributed by atoms with van der Waals surface area (Å²) in [5.41, 5.74) is 6.24. The summed E-state index contributed by atoms with van der Waals surface area (Å²) in [6.45, 7) is 2.26. The van der Waals surface area contributed by atoms with E-state index in [9.17, 15) is 8.42 Å². The fraction of sp³-hybridized carbons (Fsp3) is 0.545. The standard InChI is InChI=1S/C11H16N6O2S2/c1-2-21(18,19)8-6-20-4-3-17(8)10-7-5-13-16-9(7)14-11(12)15-10/h5,8H,2-4,6H2,1H3,(H3,12,13,14,15,16). The first-order valence-electron chi connectivity index (χ1n) is 6.55. The lowest BCUT2D eigenvalue weighted by atomic mass is 10.3. The molecule has 3 heterocycles. The number of nitrogens with one attached hydrogen (secondary N) is 1. The SMILES string of the molecule is CCS(=O)(=O)C1CSCCN1c1nc(N)nc2[nH]ncc12. The van der Waals surface area contributed by atoms with E-state index in [1.54, 1.807) is 24.9 Å². The number of nitrogens with zero attached hydrogens (tertiary/aromatic N) is 4. The summed E-state index contributed by atoms with van der Waals surface area (Å²) < 4.78 is 24.7. The molecule has 1 aliphatic rings. The number of hydrogen-bond donors (Lipinski definition) is 2. The molecule has 1 atom stereocenters. The Labute approximate surface area is 126 Å². The number of aromatic nitrogens is 4. The van der Waals surface area contributed by atoms with Crippen molar-refractivity contribution in [3.05, 3.63) is 6.20 Å². The molecule has 0 amide bonds. The molecule has 10 heteroatoms. The molecule has 114 valence electrons. The van der Waals surface area contributed by atoms with Crippen molar-refractivity contribution in [3.63, 3.8) is 0 Å². The van der Waals surface area contributed by atoms with Gasteiger partial charge in [0, 0.05) is 23.8 Å². The Hall–Kier alpha value is -1.55. The number of aromatic amines is 1. The van der Waals surface area contributed by atoms with Gasteiger partial charge in [0.1, 0.15) is 11.2 Å². The molecule has 3 N–H and O–H groups in total. The zero-order valence-electron chi connectivity index (χ0n) is 11.5. The van der Waals surface area contributed by atoms with Gasteiger partial charge in [-0.1, -0.05) is 6.92 Å². The maximum atomic E-state index is 12.3. The van der Waals surface area contributed by atoms with Crippen molar-refractivity contribution in [1.29, 1.82) is 0 Å². The van der Waals surface area contributed by atoms with Crippen LogP contribution in [0.3, 0.4) is 0 Å². The van der Waals surface area contributed by atoms with Crippen LogP contribution in [-0.2, 0) is 9.84 Å². The van der Waals surface area contributed by atoms with Crippen LogP contribution in [0.2, 0.25) is 0 Å². The topological polar surface area (TPSA) is 118 Å². The van der Waals surface area contributed by atoms with Crippen molar-refractivity contribution < 1.29 is 8.42 Å². The van der Waals surface area contributed by atoms with E-state index in [1.807, 2.05) is 4.90 Å². The Kier molecular flexibility index (Phi) is 3.66. The summed E-state index contributed by atoms with van der Waals surface area (Å²) in [4.78, 5) is 10.1. The van der Waals surface area contributed by atoms with E-state index in [1.165, 1.54) is 0 Å². The lowest BCUT2D eigenvalue weighted by Gasteiger charge is -2.35. The van der Waals surface area contributed by atoms with Gasteiger partial charge in [-0.05, 0) is 0 Å². The van der Waals surface area contributed by atoms with Gasteiger partial charge in [0.25, 0.3) is 0 Å². The third-order valence-electron chi connectivity index (χ3n) is 3.48. The largest absolute Gasteiger partial charge is 0.368 e. The summed E-state index contributed by atoms with van der Waals surface area (Å²) in [6, 6.07) is 0. The molecule has 2 aromatic rings. The number of fused-ring (bicyclic) bond motifs is 1. The molecular formula is C11H16N6O2S2. The van der Waals surface area contributed by atoms with Gasteiger partial charge < -0.3 is 10.6 Å². The minimum Gasteiger partial charge on any atom is -0.368 e. The van der Waals surface area contributed by atoms with Crippen LogP contribution in [0, 0.1) is 0 Å². The van der Waals surface area contributed by atoms with Gasteiger partial charge in [-0.2, -0.15) is 26.8 Å². The molecule has 0 aromatic carbocycles. The number of anilines is 2. The van der Waals surface area contributed by atoms with Gasteiger partial charge >= 0.3 is 0 Å². The van der Waals surface area contributed by atoms with Crippen molar-refractivity contribution in [2.45, 2.75) is 12.3 Å². The summed E-state index contributed by atoms with van der Waals surface area (Å²) in [6.07, 6.45) is 1.60. The van der Waals surface area contributed by atoms with E-state index in [2.05, 4.69) is 20.2 Å². The van der Waals surface area contributed by atoms with Gasteiger partial charge in [0.15, 0.2) is 15.5 Å². The summed E-state index contributed by atoms with van der Waals surface area (Å²) in [5.74, 6) is 2.11. The summed E-state index contributed by atoms with van der Waals surface area (Å²) in [7, 11) is -3.21. The van der Waals surface area contributed by atoms with Gasteiger partial charge in [-0.15, -0.1) is 0 Å². The maximum Gasteiger partial charge on any atom is 0.224 e. The maximum absolute atomic E-state index is 12.3. The molecule has 21 heavy (non-hydrogen) atoms. The Balaban J connectivity index is 2.12. The predicted molar refractivity (Wildman–Crippen MR) is 84.0 cm³/mol. The molecule has 1 fully saturated rings. The Morgan fingerprint density at radius 3 is 3.10 bits per heavy atom. The second-order valence-corrected chi connectivity index (χ2v) is 8.31. The van der Waals surface area contributed by atoms with Crippen molar-refractivity contribution in [1.82, 2.24) is 20.2 Å². The number of H-pyrrole nitrogens is 1. The average Bonchev–Trinajstić information content (AvgIpc) is 2.94. The molecule has 2 aromatic heterocycles. The second kappa shape index (κ2) is 5.34. The smallest absolute Gasteiger partial charge is 0.224 e. The third-order valence-corrected chi connectivity index (χ3v) is 6.77. The van der Waals surface area contributed by atoms with Gasteiger partial charge in [0.05, 0.1) is 11.6 Å².